The monoisotopic (exact) mass is 185 g/mol. The van der Waals surface area contributed by atoms with Crippen LogP contribution in [0.5, 0.6) is 0 Å². The number of hydrogen-bond acceptors (Lipinski definition) is 1. The second-order valence-electron chi connectivity index (χ2n) is 3.06. The molecule has 1 aromatic carbocycles. The lowest BCUT2D eigenvalue weighted by Crippen LogP contribution is -2.02. The smallest absolute Gasteiger partial charge is 0.129 e. The average molecular weight is 185 g/mol. The lowest BCUT2D eigenvalue weighted by molar-refractivity contribution is 0.572. The summed E-state index contributed by atoms with van der Waals surface area (Å²) in [6, 6.07) is 2.27. The van der Waals surface area contributed by atoms with Gasteiger partial charge in [-0.2, -0.15) is 0 Å². The van der Waals surface area contributed by atoms with Crippen LogP contribution in [0.25, 0.3) is 0 Å². The molecule has 0 saturated heterocycles. The molecular weight excluding hydrogens is 172 g/mol. The van der Waals surface area contributed by atoms with E-state index in [2.05, 4.69) is 0 Å². The van der Waals surface area contributed by atoms with Gasteiger partial charge in [0.15, 0.2) is 0 Å². The average Bonchev–Trinajstić information content (AvgIpc) is 2.09. The van der Waals surface area contributed by atoms with Gasteiger partial charge in [-0.1, -0.05) is 0 Å². The summed E-state index contributed by atoms with van der Waals surface area (Å²) < 4.78 is 25.8. The largest absolute Gasteiger partial charge is 0.330 e. The van der Waals surface area contributed by atoms with Crippen molar-refractivity contribution in [1.29, 1.82) is 0 Å². The lowest BCUT2D eigenvalue weighted by atomic mass is 10.0. The third-order valence-electron chi connectivity index (χ3n) is 2.07. The van der Waals surface area contributed by atoms with E-state index in [0.29, 0.717) is 24.1 Å². The molecule has 13 heavy (non-hydrogen) atoms. The Hall–Kier alpha value is -0.960. The van der Waals surface area contributed by atoms with E-state index in [1.165, 1.54) is 6.07 Å². The van der Waals surface area contributed by atoms with Gasteiger partial charge in [0.25, 0.3) is 0 Å². The third-order valence-corrected chi connectivity index (χ3v) is 2.07. The second-order valence-corrected chi connectivity index (χ2v) is 3.06. The molecule has 3 heteroatoms. The van der Waals surface area contributed by atoms with Gasteiger partial charge in [-0.15, -0.1) is 0 Å². The summed E-state index contributed by atoms with van der Waals surface area (Å²) in [5.41, 5.74) is 6.55. The van der Waals surface area contributed by atoms with Gasteiger partial charge in [0.05, 0.1) is 0 Å². The highest BCUT2D eigenvalue weighted by atomic mass is 19.1. The van der Waals surface area contributed by atoms with E-state index < -0.39 is 11.6 Å². The topological polar surface area (TPSA) is 26.0 Å². The minimum Gasteiger partial charge on any atom is -0.330 e. The Bertz CT molecular complexity index is 297. The molecule has 0 spiro atoms. The Labute approximate surface area is 76.6 Å². The molecular formula is C10H13F2N. The summed E-state index contributed by atoms with van der Waals surface area (Å²) >= 11 is 0. The van der Waals surface area contributed by atoms with Crippen molar-refractivity contribution >= 4 is 0 Å². The SMILES string of the molecule is Cc1c(F)cc(F)cc1CCCN. The normalized spacial score (nSPS) is 10.5. The highest BCUT2D eigenvalue weighted by molar-refractivity contribution is 5.28. The van der Waals surface area contributed by atoms with Crippen LogP contribution >= 0.6 is 0 Å². The molecule has 0 atom stereocenters. The molecule has 0 aliphatic heterocycles. The van der Waals surface area contributed by atoms with E-state index in [1.807, 2.05) is 0 Å². The molecule has 0 amide bonds. The molecule has 0 unspecified atom stereocenters. The maximum Gasteiger partial charge on any atom is 0.129 e. The van der Waals surface area contributed by atoms with Crippen molar-refractivity contribution in [3.8, 4) is 0 Å². The predicted molar refractivity (Wildman–Crippen MR) is 48.5 cm³/mol. The third kappa shape index (κ3) is 2.49. The summed E-state index contributed by atoms with van der Waals surface area (Å²) in [5.74, 6) is -0.998. The molecule has 1 nitrogen and oxygen atoms in total. The van der Waals surface area contributed by atoms with Crippen molar-refractivity contribution in [2.24, 2.45) is 5.73 Å². The van der Waals surface area contributed by atoms with Crippen molar-refractivity contribution in [2.75, 3.05) is 6.54 Å². The minimum atomic E-state index is -0.518. The Kier molecular flexibility index (Phi) is 3.37. The summed E-state index contributed by atoms with van der Waals surface area (Å²) in [7, 11) is 0. The Morgan fingerprint density at radius 2 is 2.00 bits per heavy atom. The zero-order valence-corrected chi connectivity index (χ0v) is 7.61. The van der Waals surface area contributed by atoms with Gasteiger partial charge in [0.2, 0.25) is 0 Å². The van der Waals surface area contributed by atoms with Gasteiger partial charge in [0, 0.05) is 6.07 Å². The number of rotatable bonds is 3. The number of halogens is 2. The Balaban J connectivity index is 2.92. The minimum absolute atomic E-state index is 0.480. The molecule has 1 rings (SSSR count). The molecule has 2 N–H and O–H groups in total. The van der Waals surface area contributed by atoms with Crippen LogP contribution in [0.15, 0.2) is 12.1 Å². The van der Waals surface area contributed by atoms with Gasteiger partial charge < -0.3 is 5.73 Å². The van der Waals surface area contributed by atoms with Crippen molar-refractivity contribution in [1.82, 2.24) is 0 Å². The van der Waals surface area contributed by atoms with Crippen LogP contribution in [-0.4, -0.2) is 6.54 Å². The van der Waals surface area contributed by atoms with Crippen molar-refractivity contribution in [3.63, 3.8) is 0 Å². The van der Waals surface area contributed by atoms with Crippen LogP contribution in [0.2, 0.25) is 0 Å². The molecule has 0 fully saturated rings. The molecule has 72 valence electrons. The fraction of sp³-hybridized carbons (Fsp3) is 0.400. The first-order valence-corrected chi connectivity index (χ1v) is 4.29. The Morgan fingerprint density at radius 3 is 2.62 bits per heavy atom. The molecule has 1 aromatic rings. The van der Waals surface area contributed by atoms with E-state index >= 15 is 0 Å². The first-order chi connectivity index (χ1) is 6.15. The highest BCUT2D eigenvalue weighted by Gasteiger charge is 2.06. The van der Waals surface area contributed by atoms with Crippen molar-refractivity contribution in [2.45, 2.75) is 19.8 Å². The number of benzene rings is 1. The second kappa shape index (κ2) is 4.33. The van der Waals surface area contributed by atoms with Gasteiger partial charge in [-0.25, -0.2) is 8.78 Å². The number of aryl methyl sites for hydroxylation is 1. The van der Waals surface area contributed by atoms with Crippen LogP contribution in [0.3, 0.4) is 0 Å². The first-order valence-electron chi connectivity index (χ1n) is 4.29. The van der Waals surface area contributed by atoms with Gasteiger partial charge in [-0.3, -0.25) is 0 Å². The highest BCUT2D eigenvalue weighted by Crippen LogP contribution is 2.16. The van der Waals surface area contributed by atoms with Gasteiger partial charge in [0.1, 0.15) is 11.6 Å². The molecule has 0 saturated carbocycles. The maximum absolute atomic E-state index is 13.0. The fourth-order valence-electron chi connectivity index (χ4n) is 1.25. The van der Waals surface area contributed by atoms with Crippen LogP contribution in [-0.2, 0) is 6.42 Å². The molecule has 0 heterocycles. The summed E-state index contributed by atoms with van der Waals surface area (Å²) in [6.45, 7) is 2.19. The summed E-state index contributed by atoms with van der Waals surface area (Å²) in [6.07, 6.45) is 1.39. The predicted octanol–water partition coefficient (Wildman–Crippen LogP) is 2.16. The van der Waals surface area contributed by atoms with Crippen LogP contribution in [0.1, 0.15) is 17.5 Å². The van der Waals surface area contributed by atoms with Crippen molar-refractivity contribution in [3.05, 3.63) is 34.9 Å². The van der Waals surface area contributed by atoms with E-state index in [1.54, 1.807) is 6.92 Å². The number of hydrogen-bond donors (Lipinski definition) is 1. The summed E-state index contributed by atoms with van der Waals surface area (Å²) in [4.78, 5) is 0. The number of nitrogens with two attached hydrogens (primary N) is 1. The molecule has 0 bridgehead atoms. The molecule has 0 aliphatic rings. The van der Waals surface area contributed by atoms with Crippen LogP contribution < -0.4 is 5.73 Å². The zero-order valence-electron chi connectivity index (χ0n) is 7.61. The van der Waals surface area contributed by atoms with E-state index in [0.717, 1.165) is 12.5 Å². The lowest BCUT2D eigenvalue weighted by Gasteiger charge is -2.05. The fourth-order valence-corrected chi connectivity index (χ4v) is 1.25. The van der Waals surface area contributed by atoms with E-state index in [9.17, 15) is 8.78 Å². The van der Waals surface area contributed by atoms with E-state index in [-0.39, 0.29) is 0 Å². The molecule has 0 radical (unpaired) electrons. The summed E-state index contributed by atoms with van der Waals surface area (Å²) in [5, 5.41) is 0. The Morgan fingerprint density at radius 1 is 1.31 bits per heavy atom. The van der Waals surface area contributed by atoms with Gasteiger partial charge >= 0.3 is 0 Å². The van der Waals surface area contributed by atoms with E-state index in [4.69, 9.17) is 5.73 Å². The molecule has 0 aliphatic carbocycles. The molecule has 0 aromatic heterocycles. The zero-order chi connectivity index (χ0) is 9.84. The first kappa shape index (κ1) is 10.1. The van der Waals surface area contributed by atoms with Crippen LogP contribution in [0, 0.1) is 18.6 Å². The standard InChI is InChI=1S/C10H13F2N/c1-7-8(3-2-4-13)5-9(11)6-10(7)12/h5-6H,2-4,13H2,1H3. The quantitative estimate of drug-likeness (QED) is 0.767. The maximum atomic E-state index is 13.0. The van der Waals surface area contributed by atoms with Gasteiger partial charge in [-0.05, 0) is 43.5 Å². The van der Waals surface area contributed by atoms with Crippen LogP contribution in [0.4, 0.5) is 8.78 Å². The van der Waals surface area contributed by atoms with Crippen molar-refractivity contribution < 1.29 is 8.78 Å².